The quantitative estimate of drug-likeness (QED) is 0.119. The Kier molecular flexibility index (Phi) is 21.8. The van der Waals surface area contributed by atoms with Crippen molar-refractivity contribution in [1.29, 1.82) is 0 Å². The number of ketones is 1. The van der Waals surface area contributed by atoms with E-state index in [2.05, 4.69) is 13.8 Å². The monoisotopic (exact) mass is 454 g/mol. The van der Waals surface area contributed by atoms with Crippen LogP contribution in [0.2, 0.25) is 0 Å². The first-order valence-corrected chi connectivity index (χ1v) is 13.4. The Morgan fingerprint density at radius 3 is 1.53 bits per heavy atom. The third-order valence-electron chi connectivity index (χ3n) is 5.71. The zero-order valence-corrected chi connectivity index (χ0v) is 21.3. The lowest BCUT2D eigenvalue weighted by Crippen LogP contribution is -2.20. The number of esters is 2. The van der Waals surface area contributed by atoms with Crippen LogP contribution in [-0.2, 0) is 23.9 Å². The SMILES string of the molecule is CCCCCCCCCC(=O)CC(CC(=O)OCCC)CC(=O)OCCCCCCCC. The number of carbonyl (C=O) groups excluding carboxylic acids is 3. The number of hydrogen-bond acceptors (Lipinski definition) is 5. The fraction of sp³-hybridized carbons (Fsp3) is 0.889. The van der Waals surface area contributed by atoms with Gasteiger partial charge in [0.25, 0.3) is 0 Å². The van der Waals surface area contributed by atoms with Gasteiger partial charge in [0.15, 0.2) is 0 Å². The summed E-state index contributed by atoms with van der Waals surface area (Å²) in [5.74, 6) is -0.830. The van der Waals surface area contributed by atoms with Crippen LogP contribution in [0.15, 0.2) is 0 Å². The molecule has 5 nitrogen and oxygen atoms in total. The fourth-order valence-corrected chi connectivity index (χ4v) is 3.79. The van der Waals surface area contributed by atoms with Gasteiger partial charge in [-0.2, -0.15) is 0 Å². The van der Waals surface area contributed by atoms with Gasteiger partial charge in [-0.25, -0.2) is 0 Å². The summed E-state index contributed by atoms with van der Waals surface area (Å²) >= 11 is 0. The van der Waals surface area contributed by atoms with E-state index >= 15 is 0 Å². The van der Waals surface area contributed by atoms with Crippen molar-refractivity contribution >= 4 is 17.7 Å². The minimum absolute atomic E-state index is 0.106. The number of Topliss-reactive ketones (excluding diaryl/α,β-unsaturated/α-hetero) is 1. The third kappa shape index (κ3) is 20.5. The molecular formula is C27H50O5. The van der Waals surface area contributed by atoms with Crippen LogP contribution in [0.1, 0.15) is 136 Å². The van der Waals surface area contributed by atoms with Gasteiger partial charge in [0, 0.05) is 25.7 Å². The fourth-order valence-electron chi connectivity index (χ4n) is 3.79. The highest BCUT2D eigenvalue weighted by atomic mass is 16.5. The molecule has 0 aromatic rings. The molecule has 0 aromatic heterocycles. The maximum atomic E-state index is 12.4. The molecule has 0 radical (unpaired) electrons. The van der Waals surface area contributed by atoms with Gasteiger partial charge in [0.05, 0.1) is 13.2 Å². The Hall–Kier alpha value is -1.39. The number of hydrogen-bond donors (Lipinski definition) is 0. The Morgan fingerprint density at radius 1 is 0.531 bits per heavy atom. The van der Waals surface area contributed by atoms with E-state index in [4.69, 9.17) is 9.47 Å². The summed E-state index contributed by atoms with van der Waals surface area (Å²) in [7, 11) is 0. The number of unbranched alkanes of at least 4 members (excludes halogenated alkanes) is 11. The number of carbonyl (C=O) groups is 3. The van der Waals surface area contributed by atoms with Crippen molar-refractivity contribution < 1.29 is 23.9 Å². The maximum absolute atomic E-state index is 12.4. The summed E-state index contributed by atoms with van der Waals surface area (Å²) < 4.78 is 10.5. The molecule has 0 fully saturated rings. The van der Waals surface area contributed by atoms with Gasteiger partial charge in [0.2, 0.25) is 0 Å². The molecule has 0 amide bonds. The second-order valence-corrected chi connectivity index (χ2v) is 9.10. The van der Waals surface area contributed by atoms with Crippen LogP contribution in [0, 0.1) is 5.92 Å². The van der Waals surface area contributed by atoms with Crippen LogP contribution in [0.25, 0.3) is 0 Å². The van der Waals surface area contributed by atoms with Crippen LogP contribution in [-0.4, -0.2) is 30.9 Å². The first-order valence-electron chi connectivity index (χ1n) is 13.4. The third-order valence-corrected chi connectivity index (χ3v) is 5.71. The van der Waals surface area contributed by atoms with Gasteiger partial charge in [-0.3, -0.25) is 14.4 Å². The highest BCUT2D eigenvalue weighted by Gasteiger charge is 2.22. The molecule has 0 N–H and O–H groups in total. The molecule has 32 heavy (non-hydrogen) atoms. The van der Waals surface area contributed by atoms with Gasteiger partial charge < -0.3 is 9.47 Å². The molecule has 0 aliphatic heterocycles. The lowest BCUT2D eigenvalue weighted by atomic mass is 9.93. The Labute approximate surface area is 197 Å². The van der Waals surface area contributed by atoms with Crippen LogP contribution >= 0.6 is 0 Å². The lowest BCUT2D eigenvalue weighted by molar-refractivity contribution is -0.147. The maximum Gasteiger partial charge on any atom is 0.306 e. The largest absolute Gasteiger partial charge is 0.466 e. The van der Waals surface area contributed by atoms with Crippen molar-refractivity contribution in [2.45, 2.75) is 136 Å². The molecule has 0 spiro atoms. The van der Waals surface area contributed by atoms with E-state index < -0.39 is 0 Å². The van der Waals surface area contributed by atoms with E-state index in [1.807, 2.05) is 6.92 Å². The van der Waals surface area contributed by atoms with Crippen molar-refractivity contribution in [3.05, 3.63) is 0 Å². The average molecular weight is 455 g/mol. The molecule has 0 aromatic carbocycles. The van der Waals surface area contributed by atoms with Gasteiger partial charge in [0.1, 0.15) is 5.78 Å². The second-order valence-electron chi connectivity index (χ2n) is 9.10. The molecule has 0 rings (SSSR count). The molecule has 0 aliphatic rings. The van der Waals surface area contributed by atoms with E-state index in [1.54, 1.807) is 0 Å². The number of rotatable bonds is 23. The molecule has 5 heteroatoms. The number of ether oxygens (including phenoxy) is 2. The smallest absolute Gasteiger partial charge is 0.306 e. The first kappa shape index (κ1) is 30.6. The van der Waals surface area contributed by atoms with Crippen LogP contribution in [0.4, 0.5) is 0 Å². The van der Waals surface area contributed by atoms with E-state index in [0.29, 0.717) is 19.6 Å². The minimum Gasteiger partial charge on any atom is -0.466 e. The molecule has 0 saturated carbocycles. The average Bonchev–Trinajstić information content (AvgIpc) is 2.76. The molecule has 0 heterocycles. The summed E-state index contributed by atoms with van der Waals surface area (Å²) in [6, 6.07) is 0. The first-order chi connectivity index (χ1) is 15.5. The highest BCUT2D eigenvalue weighted by molar-refractivity contribution is 5.81. The summed E-state index contributed by atoms with van der Waals surface area (Å²) in [5, 5.41) is 0. The highest BCUT2D eigenvalue weighted by Crippen LogP contribution is 2.19. The predicted molar refractivity (Wildman–Crippen MR) is 131 cm³/mol. The van der Waals surface area contributed by atoms with E-state index in [1.165, 1.54) is 57.8 Å². The molecular weight excluding hydrogens is 404 g/mol. The topological polar surface area (TPSA) is 69.7 Å². The zero-order chi connectivity index (χ0) is 23.9. The summed E-state index contributed by atoms with van der Waals surface area (Å²) in [6.07, 6.45) is 16.7. The molecule has 0 saturated heterocycles. The van der Waals surface area contributed by atoms with E-state index in [9.17, 15) is 14.4 Å². The van der Waals surface area contributed by atoms with Crippen LogP contribution in [0.5, 0.6) is 0 Å². The van der Waals surface area contributed by atoms with Gasteiger partial charge >= 0.3 is 11.9 Å². The van der Waals surface area contributed by atoms with Gasteiger partial charge in [-0.15, -0.1) is 0 Å². The Morgan fingerprint density at radius 2 is 1.00 bits per heavy atom. The van der Waals surface area contributed by atoms with Crippen molar-refractivity contribution in [1.82, 2.24) is 0 Å². The molecule has 0 bridgehead atoms. The van der Waals surface area contributed by atoms with E-state index in [0.717, 1.165) is 32.1 Å². The lowest BCUT2D eigenvalue weighted by Gasteiger charge is -2.15. The van der Waals surface area contributed by atoms with Crippen molar-refractivity contribution in [3.8, 4) is 0 Å². The summed E-state index contributed by atoms with van der Waals surface area (Å²) in [6.45, 7) is 7.13. The van der Waals surface area contributed by atoms with Crippen molar-refractivity contribution in [2.75, 3.05) is 13.2 Å². The summed E-state index contributed by atoms with van der Waals surface area (Å²) in [4.78, 5) is 36.8. The Bertz CT molecular complexity index is 443. The Balaban J connectivity index is 4.29. The van der Waals surface area contributed by atoms with Gasteiger partial charge in [-0.05, 0) is 25.2 Å². The van der Waals surface area contributed by atoms with Gasteiger partial charge in [-0.1, -0.05) is 91.4 Å². The minimum atomic E-state index is -0.329. The second kappa shape index (κ2) is 22.8. The molecule has 188 valence electrons. The standard InChI is InChI=1S/C27H50O5/c1-4-7-9-11-13-14-16-18-25(28)21-24(22-26(29)31-19-6-3)23-27(30)32-20-17-15-12-10-8-5-2/h24H,4-23H2,1-3H3. The van der Waals surface area contributed by atoms with E-state index in [-0.39, 0.29) is 42.9 Å². The zero-order valence-electron chi connectivity index (χ0n) is 21.3. The van der Waals surface area contributed by atoms with Crippen molar-refractivity contribution in [3.63, 3.8) is 0 Å². The molecule has 1 atom stereocenters. The van der Waals surface area contributed by atoms with Crippen LogP contribution < -0.4 is 0 Å². The normalized spacial score (nSPS) is 11.8. The molecule has 0 aliphatic carbocycles. The predicted octanol–water partition coefficient (Wildman–Crippen LogP) is 7.34. The van der Waals surface area contributed by atoms with Crippen molar-refractivity contribution in [2.24, 2.45) is 5.92 Å². The van der Waals surface area contributed by atoms with Crippen LogP contribution in [0.3, 0.4) is 0 Å². The molecule has 1 unspecified atom stereocenters. The summed E-state index contributed by atoms with van der Waals surface area (Å²) in [5.41, 5.74) is 0.